The van der Waals surface area contributed by atoms with E-state index < -0.39 is 0 Å². The van der Waals surface area contributed by atoms with E-state index in [-0.39, 0.29) is 24.1 Å². The van der Waals surface area contributed by atoms with Crippen molar-refractivity contribution in [3.05, 3.63) is 80.9 Å². The average molecular weight is 544 g/mol. The third kappa shape index (κ3) is 6.84. The molecule has 4 rings (SSSR count). The standard InChI is InChI=1S/C31H41N7O2/c1-20(2)38-29-27(18-33-38)25(30(39)32-17-26-21(3)15-22(4)34-31(26)40)16-28(35-29)24-11-9-23(10-12-24)19-37(7)14-8-13-36(5)6/h9-12,15-16,18,20H,8,13-14,17,19H2,1-7H3,(H,32,39)(H,34,40). The molecule has 1 aromatic carbocycles. The van der Waals surface area contributed by atoms with Gasteiger partial charge in [0.05, 0.1) is 22.8 Å². The maximum absolute atomic E-state index is 13.5. The predicted molar refractivity (Wildman–Crippen MR) is 161 cm³/mol. The average Bonchev–Trinajstić information content (AvgIpc) is 3.32. The minimum absolute atomic E-state index is 0.0790. The van der Waals surface area contributed by atoms with Crippen LogP contribution in [-0.4, -0.2) is 69.7 Å². The van der Waals surface area contributed by atoms with E-state index in [2.05, 4.69) is 70.6 Å². The summed E-state index contributed by atoms with van der Waals surface area (Å²) in [4.78, 5) is 38.2. The van der Waals surface area contributed by atoms with Crippen molar-refractivity contribution in [1.82, 2.24) is 34.9 Å². The lowest BCUT2D eigenvalue weighted by Crippen LogP contribution is -2.28. The van der Waals surface area contributed by atoms with Crippen molar-refractivity contribution in [3.8, 4) is 11.3 Å². The highest BCUT2D eigenvalue weighted by Crippen LogP contribution is 2.27. The third-order valence-electron chi connectivity index (χ3n) is 7.07. The number of H-pyrrole nitrogens is 1. The summed E-state index contributed by atoms with van der Waals surface area (Å²) in [6, 6.07) is 12.2. The molecule has 0 bridgehead atoms. The number of carbonyl (C=O) groups excluding carboxylic acids is 1. The number of nitrogens with zero attached hydrogens (tertiary/aromatic N) is 5. The number of pyridine rings is 2. The zero-order valence-corrected chi connectivity index (χ0v) is 24.7. The molecular weight excluding hydrogens is 502 g/mol. The molecule has 2 N–H and O–H groups in total. The van der Waals surface area contributed by atoms with Gasteiger partial charge in [0, 0.05) is 36.0 Å². The Morgan fingerprint density at radius 1 is 1.07 bits per heavy atom. The van der Waals surface area contributed by atoms with E-state index in [1.165, 1.54) is 5.56 Å². The first-order valence-corrected chi connectivity index (χ1v) is 13.8. The number of benzene rings is 1. The van der Waals surface area contributed by atoms with E-state index in [1.54, 1.807) is 6.20 Å². The van der Waals surface area contributed by atoms with Crippen LogP contribution in [0.15, 0.2) is 47.4 Å². The van der Waals surface area contributed by atoms with Gasteiger partial charge in [0.2, 0.25) is 0 Å². The summed E-state index contributed by atoms with van der Waals surface area (Å²) in [5, 5.41) is 8.15. The highest BCUT2D eigenvalue weighted by atomic mass is 16.1. The van der Waals surface area contributed by atoms with E-state index >= 15 is 0 Å². The molecule has 0 unspecified atom stereocenters. The Morgan fingerprint density at radius 3 is 2.45 bits per heavy atom. The molecule has 0 saturated carbocycles. The molecule has 9 nitrogen and oxygen atoms in total. The fourth-order valence-corrected chi connectivity index (χ4v) is 4.93. The minimum Gasteiger partial charge on any atom is -0.348 e. The highest BCUT2D eigenvalue weighted by molar-refractivity contribution is 6.06. The SMILES string of the molecule is Cc1cc(C)c(CNC(=O)c2cc(-c3ccc(CN(C)CCCN(C)C)cc3)nc3c2cnn3C(C)C)c(=O)[nH]1. The zero-order chi connectivity index (χ0) is 29.0. The molecular formula is C31H41N7O2. The van der Waals surface area contributed by atoms with Crippen molar-refractivity contribution >= 4 is 16.9 Å². The van der Waals surface area contributed by atoms with Crippen LogP contribution in [0, 0.1) is 13.8 Å². The Balaban J connectivity index is 1.60. The Morgan fingerprint density at radius 2 is 1.80 bits per heavy atom. The lowest BCUT2D eigenvalue weighted by molar-refractivity contribution is 0.0952. The van der Waals surface area contributed by atoms with Crippen molar-refractivity contribution in [2.24, 2.45) is 0 Å². The van der Waals surface area contributed by atoms with Gasteiger partial charge in [-0.3, -0.25) is 9.59 Å². The summed E-state index contributed by atoms with van der Waals surface area (Å²) in [6.45, 7) is 10.9. The smallest absolute Gasteiger partial charge is 0.253 e. The molecule has 4 aromatic rings. The molecule has 212 valence electrons. The Labute approximate surface area is 236 Å². The van der Waals surface area contributed by atoms with Crippen LogP contribution in [0.4, 0.5) is 0 Å². The molecule has 0 radical (unpaired) electrons. The molecule has 0 aliphatic carbocycles. The van der Waals surface area contributed by atoms with Crippen molar-refractivity contribution in [1.29, 1.82) is 0 Å². The van der Waals surface area contributed by atoms with Gasteiger partial charge in [0.1, 0.15) is 0 Å². The second kappa shape index (κ2) is 12.6. The number of amides is 1. The van der Waals surface area contributed by atoms with E-state index in [9.17, 15) is 9.59 Å². The number of hydrogen-bond donors (Lipinski definition) is 2. The normalized spacial score (nSPS) is 11.8. The Hall–Kier alpha value is -3.82. The van der Waals surface area contributed by atoms with Gasteiger partial charge in [-0.25, -0.2) is 9.67 Å². The van der Waals surface area contributed by atoms with E-state index in [1.807, 2.05) is 44.5 Å². The third-order valence-corrected chi connectivity index (χ3v) is 7.07. The number of aromatic nitrogens is 4. The van der Waals surface area contributed by atoms with Gasteiger partial charge in [0.15, 0.2) is 5.65 Å². The van der Waals surface area contributed by atoms with E-state index in [0.717, 1.165) is 42.9 Å². The van der Waals surface area contributed by atoms with E-state index in [4.69, 9.17) is 4.98 Å². The monoisotopic (exact) mass is 543 g/mol. The van der Waals surface area contributed by atoms with Crippen molar-refractivity contribution in [3.63, 3.8) is 0 Å². The van der Waals surface area contributed by atoms with Gasteiger partial charge >= 0.3 is 0 Å². The molecule has 0 fully saturated rings. The predicted octanol–water partition coefficient (Wildman–Crippen LogP) is 4.30. The fraction of sp³-hybridized carbons (Fsp3) is 0.419. The molecule has 0 atom stereocenters. The number of carbonyl (C=O) groups is 1. The first kappa shape index (κ1) is 29.2. The van der Waals surface area contributed by atoms with Gasteiger partial charge in [-0.1, -0.05) is 24.3 Å². The van der Waals surface area contributed by atoms with Crippen LogP contribution < -0.4 is 10.9 Å². The van der Waals surface area contributed by atoms with Crippen LogP contribution in [0.2, 0.25) is 0 Å². The summed E-state index contributed by atoms with van der Waals surface area (Å²) in [7, 11) is 6.33. The molecule has 40 heavy (non-hydrogen) atoms. The first-order chi connectivity index (χ1) is 19.0. The molecule has 0 aliphatic heterocycles. The van der Waals surface area contributed by atoms with Crippen molar-refractivity contribution in [2.75, 3.05) is 34.2 Å². The van der Waals surface area contributed by atoms with Gasteiger partial charge in [-0.05, 0) is 91.6 Å². The molecule has 0 saturated heterocycles. The summed E-state index contributed by atoms with van der Waals surface area (Å²) in [6.07, 6.45) is 2.82. The molecule has 1 amide bonds. The molecule has 3 heterocycles. The first-order valence-electron chi connectivity index (χ1n) is 13.8. The second-order valence-corrected chi connectivity index (χ2v) is 11.2. The zero-order valence-electron chi connectivity index (χ0n) is 24.7. The van der Waals surface area contributed by atoms with Crippen LogP contribution >= 0.6 is 0 Å². The number of rotatable bonds is 11. The van der Waals surface area contributed by atoms with Gasteiger partial charge in [-0.2, -0.15) is 5.10 Å². The summed E-state index contributed by atoms with van der Waals surface area (Å²) in [5.41, 5.74) is 6.00. The van der Waals surface area contributed by atoms with Gasteiger partial charge < -0.3 is 20.1 Å². The lowest BCUT2D eigenvalue weighted by Gasteiger charge is -2.18. The largest absolute Gasteiger partial charge is 0.348 e. The van der Waals surface area contributed by atoms with Gasteiger partial charge in [-0.15, -0.1) is 0 Å². The van der Waals surface area contributed by atoms with Crippen LogP contribution in [0.3, 0.4) is 0 Å². The van der Waals surface area contributed by atoms with E-state index in [0.29, 0.717) is 27.9 Å². The Kier molecular flexibility index (Phi) is 9.17. The molecule has 3 aromatic heterocycles. The molecule has 9 heteroatoms. The lowest BCUT2D eigenvalue weighted by atomic mass is 10.0. The quantitative estimate of drug-likeness (QED) is 0.293. The topological polar surface area (TPSA) is 99.2 Å². The van der Waals surface area contributed by atoms with Crippen LogP contribution in [0.25, 0.3) is 22.3 Å². The van der Waals surface area contributed by atoms with Gasteiger partial charge in [0.25, 0.3) is 11.5 Å². The maximum Gasteiger partial charge on any atom is 0.253 e. The summed E-state index contributed by atoms with van der Waals surface area (Å²) >= 11 is 0. The number of aryl methyl sites for hydroxylation is 2. The Bertz CT molecular complexity index is 1530. The van der Waals surface area contributed by atoms with Crippen molar-refractivity contribution < 1.29 is 4.79 Å². The minimum atomic E-state index is -0.271. The maximum atomic E-state index is 13.5. The van der Waals surface area contributed by atoms with Crippen molar-refractivity contribution in [2.45, 2.75) is 53.2 Å². The summed E-state index contributed by atoms with van der Waals surface area (Å²) in [5.74, 6) is -0.271. The number of nitrogens with one attached hydrogen (secondary N) is 2. The number of aromatic amines is 1. The molecule has 0 aliphatic rings. The number of hydrogen-bond acceptors (Lipinski definition) is 6. The van der Waals surface area contributed by atoms with Crippen LogP contribution in [0.5, 0.6) is 0 Å². The fourth-order valence-electron chi connectivity index (χ4n) is 4.93. The van der Waals surface area contributed by atoms with Crippen LogP contribution in [-0.2, 0) is 13.1 Å². The molecule has 0 spiro atoms. The van der Waals surface area contributed by atoms with Crippen LogP contribution in [0.1, 0.15) is 59.1 Å². The number of fused-ring (bicyclic) bond motifs is 1. The summed E-state index contributed by atoms with van der Waals surface area (Å²) < 4.78 is 1.83. The second-order valence-electron chi connectivity index (χ2n) is 11.2. The highest BCUT2D eigenvalue weighted by Gasteiger charge is 2.19.